The third-order valence-corrected chi connectivity index (χ3v) is 5.16. The Bertz CT molecular complexity index is 1270. The van der Waals surface area contributed by atoms with Gasteiger partial charge in [0, 0.05) is 24.6 Å². The lowest BCUT2D eigenvalue weighted by atomic mass is 10.0. The number of amides is 2. The monoisotopic (exact) mass is 458 g/mol. The van der Waals surface area contributed by atoms with E-state index in [1.54, 1.807) is 60.4 Å². The molecule has 2 amide bonds. The molecule has 2 aromatic heterocycles. The highest BCUT2D eigenvalue weighted by Gasteiger charge is 2.13. The summed E-state index contributed by atoms with van der Waals surface area (Å²) in [4.78, 5) is 24.7. The number of furan rings is 1. The van der Waals surface area contributed by atoms with E-state index in [0.29, 0.717) is 28.7 Å². The molecule has 0 aliphatic heterocycles. The number of hydrogen-bond acceptors (Lipinski definition) is 5. The van der Waals surface area contributed by atoms with Crippen LogP contribution in [0.5, 0.6) is 5.75 Å². The van der Waals surface area contributed by atoms with Gasteiger partial charge < -0.3 is 19.8 Å². The fraction of sp³-hybridized carbons (Fsp3) is 0.192. The van der Waals surface area contributed by atoms with Crippen molar-refractivity contribution >= 4 is 23.2 Å². The first kappa shape index (κ1) is 22.8. The topological polar surface area (TPSA) is 98.4 Å². The Kier molecular flexibility index (Phi) is 6.77. The first-order valence-corrected chi connectivity index (χ1v) is 10.9. The number of nitrogens with zero attached hydrogens (tertiary/aromatic N) is 2. The van der Waals surface area contributed by atoms with Crippen molar-refractivity contribution in [1.82, 2.24) is 9.78 Å². The van der Waals surface area contributed by atoms with E-state index in [2.05, 4.69) is 29.6 Å². The van der Waals surface area contributed by atoms with E-state index in [1.165, 1.54) is 5.56 Å². The predicted molar refractivity (Wildman–Crippen MR) is 129 cm³/mol. The molecule has 0 fully saturated rings. The molecule has 34 heavy (non-hydrogen) atoms. The van der Waals surface area contributed by atoms with Crippen molar-refractivity contribution in [3.63, 3.8) is 0 Å². The molecule has 0 bridgehead atoms. The molecular weight excluding hydrogens is 432 g/mol. The van der Waals surface area contributed by atoms with Crippen LogP contribution in [0.2, 0.25) is 0 Å². The average molecular weight is 459 g/mol. The molecule has 2 aromatic carbocycles. The molecule has 0 radical (unpaired) electrons. The minimum absolute atomic E-state index is 0.182. The summed E-state index contributed by atoms with van der Waals surface area (Å²) in [6.45, 7) is 4.50. The smallest absolute Gasteiger partial charge is 0.291 e. The number of rotatable bonds is 8. The van der Waals surface area contributed by atoms with E-state index < -0.39 is 0 Å². The summed E-state index contributed by atoms with van der Waals surface area (Å²) in [5, 5.41) is 9.61. The number of aryl methyl sites for hydroxylation is 1. The second kappa shape index (κ2) is 10.1. The Labute approximate surface area is 197 Å². The van der Waals surface area contributed by atoms with Crippen molar-refractivity contribution in [3.05, 3.63) is 95.7 Å². The highest BCUT2D eigenvalue weighted by molar-refractivity contribution is 6.04. The third-order valence-electron chi connectivity index (χ3n) is 5.16. The van der Waals surface area contributed by atoms with Crippen LogP contribution < -0.4 is 15.4 Å². The number of ether oxygens (including phenoxy) is 1. The molecule has 4 aromatic rings. The third kappa shape index (κ3) is 5.72. The zero-order valence-electron chi connectivity index (χ0n) is 19.2. The molecule has 8 nitrogen and oxygen atoms in total. The lowest BCUT2D eigenvalue weighted by molar-refractivity contribution is 0.0990. The van der Waals surface area contributed by atoms with Crippen LogP contribution in [0.4, 0.5) is 11.4 Å². The van der Waals surface area contributed by atoms with E-state index in [0.717, 1.165) is 5.75 Å². The second-order valence-electron chi connectivity index (χ2n) is 8.14. The Morgan fingerprint density at radius 2 is 1.56 bits per heavy atom. The summed E-state index contributed by atoms with van der Waals surface area (Å²) in [7, 11) is 1.74. The average Bonchev–Trinajstić information content (AvgIpc) is 3.48. The maximum absolute atomic E-state index is 12.5. The molecule has 0 spiro atoms. The molecule has 8 heteroatoms. The maximum Gasteiger partial charge on any atom is 0.291 e. The summed E-state index contributed by atoms with van der Waals surface area (Å²) in [6, 6.07) is 19.7. The molecule has 0 saturated heterocycles. The van der Waals surface area contributed by atoms with Gasteiger partial charge in [0.1, 0.15) is 18.1 Å². The van der Waals surface area contributed by atoms with Gasteiger partial charge >= 0.3 is 0 Å². The first-order chi connectivity index (χ1) is 16.4. The lowest BCUT2D eigenvalue weighted by Crippen LogP contribution is -2.13. The van der Waals surface area contributed by atoms with Gasteiger partial charge in [-0.1, -0.05) is 26.0 Å². The van der Waals surface area contributed by atoms with Crippen molar-refractivity contribution in [3.8, 4) is 5.75 Å². The lowest BCUT2D eigenvalue weighted by Gasteiger charge is -2.08. The van der Waals surface area contributed by atoms with E-state index in [1.807, 2.05) is 24.3 Å². The Balaban J connectivity index is 1.29. The number of carbonyl (C=O) groups is 2. The van der Waals surface area contributed by atoms with Gasteiger partial charge in [0.05, 0.1) is 0 Å². The van der Waals surface area contributed by atoms with E-state index in [4.69, 9.17) is 9.15 Å². The van der Waals surface area contributed by atoms with Crippen molar-refractivity contribution in [2.45, 2.75) is 26.4 Å². The number of anilines is 2. The molecular formula is C26H26N4O4. The zero-order chi connectivity index (χ0) is 24.1. The first-order valence-electron chi connectivity index (χ1n) is 10.9. The molecule has 174 valence electrons. The van der Waals surface area contributed by atoms with Crippen molar-refractivity contribution in [2.75, 3.05) is 10.6 Å². The van der Waals surface area contributed by atoms with Gasteiger partial charge in [-0.3, -0.25) is 14.3 Å². The van der Waals surface area contributed by atoms with Gasteiger partial charge in [-0.2, -0.15) is 5.10 Å². The predicted octanol–water partition coefficient (Wildman–Crippen LogP) is 5.22. The molecule has 2 N–H and O–H groups in total. The SMILES string of the molecule is CC(C)c1ccc(OCc2ccc(C(=O)Nc3ccc(NC(=O)c4ccn(C)n4)cc3)o2)cc1. The van der Waals surface area contributed by atoms with Gasteiger partial charge in [0.25, 0.3) is 11.8 Å². The number of hydrogen-bond donors (Lipinski definition) is 2. The van der Waals surface area contributed by atoms with Crippen LogP contribution in [0, 0.1) is 0 Å². The van der Waals surface area contributed by atoms with Crippen LogP contribution in [-0.2, 0) is 13.7 Å². The molecule has 0 saturated carbocycles. The van der Waals surface area contributed by atoms with Crippen LogP contribution >= 0.6 is 0 Å². The van der Waals surface area contributed by atoms with Crippen molar-refractivity contribution in [2.24, 2.45) is 7.05 Å². The van der Waals surface area contributed by atoms with Crippen molar-refractivity contribution < 1.29 is 18.7 Å². The fourth-order valence-electron chi connectivity index (χ4n) is 3.24. The van der Waals surface area contributed by atoms with E-state index in [-0.39, 0.29) is 24.2 Å². The van der Waals surface area contributed by atoms with E-state index in [9.17, 15) is 9.59 Å². The van der Waals surface area contributed by atoms with Gasteiger partial charge in [-0.15, -0.1) is 0 Å². The zero-order valence-corrected chi connectivity index (χ0v) is 19.2. The molecule has 2 heterocycles. The van der Waals surface area contributed by atoms with Gasteiger partial charge in [-0.05, 0) is 66.1 Å². The van der Waals surface area contributed by atoms with E-state index >= 15 is 0 Å². The molecule has 0 atom stereocenters. The molecule has 0 aliphatic rings. The Hall–Kier alpha value is -4.33. The number of benzene rings is 2. The van der Waals surface area contributed by atoms with Crippen LogP contribution in [-0.4, -0.2) is 21.6 Å². The Morgan fingerprint density at radius 3 is 2.15 bits per heavy atom. The van der Waals surface area contributed by atoms with Crippen LogP contribution in [0.25, 0.3) is 0 Å². The number of aromatic nitrogens is 2. The molecule has 4 rings (SSSR count). The highest BCUT2D eigenvalue weighted by Crippen LogP contribution is 2.20. The van der Waals surface area contributed by atoms with Crippen molar-refractivity contribution in [1.29, 1.82) is 0 Å². The Morgan fingerprint density at radius 1 is 0.912 bits per heavy atom. The summed E-state index contributed by atoms with van der Waals surface area (Å²) < 4.78 is 12.9. The van der Waals surface area contributed by atoms with Gasteiger partial charge in [0.15, 0.2) is 11.5 Å². The number of carbonyl (C=O) groups excluding carboxylic acids is 2. The normalized spacial score (nSPS) is 10.8. The summed E-state index contributed by atoms with van der Waals surface area (Å²) >= 11 is 0. The quantitative estimate of drug-likeness (QED) is 0.377. The maximum atomic E-state index is 12.5. The molecule has 0 unspecified atom stereocenters. The van der Waals surface area contributed by atoms with Crippen LogP contribution in [0.15, 0.2) is 77.3 Å². The molecule has 0 aliphatic carbocycles. The fourth-order valence-corrected chi connectivity index (χ4v) is 3.24. The van der Waals surface area contributed by atoms with Crippen LogP contribution in [0.1, 0.15) is 52.1 Å². The minimum Gasteiger partial charge on any atom is -0.486 e. The summed E-state index contributed by atoms with van der Waals surface area (Å²) in [6.07, 6.45) is 1.70. The summed E-state index contributed by atoms with van der Waals surface area (Å²) in [5.41, 5.74) is 2.73. The van der Waals surface area contributed by atoms with Gasteiger partial charge in [-0.25, -0.2) is 0 Å². The largest absolute Gasteiger partial charge is 0.486 e. The summed E-state index contributed by atoms with van der Waals surface area (Å²) in [5.74, 6) is 1.24. The van der Waals surface area contributed by atoms with Crippen LogP contribution in [0.3, 0.4) is 0 Å². The van der Waals surface area contributed by atoms with Gasteiger partial charge in [0.2, 0.25) is 0 Å². The highest BCUT2D eigenvalue weighted by atomic mass is 16.5. The standard InChI is InChI=1S/C26H26N4O4/c1-17(2)18-4-10-21(11-5-18)33-16-22-12-13-24(34-22)26(32)28-20-8-6-19(7-9-20)27-25(31)23-14-15-30(3)29-23/h4-15,17H,16H2,1-3H3,(H,27,31)(H,28,32). The second-order valence-corrected chi connectivity index (χ2v) is 8.14. The number of nitrogens with one attached hydrogen (secondary N) is 2. The minimum atomic E-state index is -0.377.